The highest BCUT2D eigenvalue weighted by atomic mass is 19.3. The van der Waals surface area contributed by atoms with Gasteiger partial charge in [-0.25, -0.2) is 8.78 Å². The molecule has 62 valence electrons. The Morgan fingerprint density at radius 1 is 1.18 bits per heavy atom. The van der Waals surface area contributed by atoms with E-state index in [0.29, 0.717) is 0 Å². The maximum atomic E-state index is 12.1. The fourth-order valence-corrected chi connectivity index (χ4v) is 0.601. The van der Waals surface area contributed by atoms with Crippen LogP contribution in [0.4, 0.5) is 8.78 Å². The molecule has 0 saturated carbocycles. The minimum atomic E-state index is -2.39. The fourth-order valence-electron chi connectivity index (χ4n) is 0.601. The van der Waals surface area contributed by atoms with Crippen LogP contribution in [-0.2, 0) is 0 Å². The van der Waals surface area contributed by atoms with Crippen LogP contribution >= 0.6 is 0 Å². The van der Waals surface area contributed by atoms with E-state index in [4.69, 9.17) is 0 Å². The molecular formula is C9H12F2. The molecule has 0 fully saturated rings. The van der Waals surface area contributed by atoms with Crippen LogP contribution in [0.1, 0.15) is 13.8 Å². The second kappa shape index (κ2) is 5.83. The third kappa shape index (κ3) is 4.48. The van der Waals surface area contributed by atoms with Gasteiger partial charge < -0.3 is 0 Å². The minimum Gasteiger partial charge on any atom is -0.205 e. The van der Waals surface area contributed by atoms with E-state index in [1.54, 1.807) is 32.1 Å². The van der Waals surface area contributed by atoms with Gasteiger partial charge in [0.15, 0.2) is 0 Å². The summed E-state index contributed by atoms with van der Waals surface area (Å²) in [7, 11) is 0. The van der Waals surface area contributed by atoms with E-state index in [9.17, 15) is 8.78 Å². The number of allylic oxidation sites excluding steroid dienone is 6. The minimum absolute atomic E-state index is 0.0469. The van der Waals surface area contributed by atoms with Crippen molar-refractivity contribution in [3.8, 4) is 0 Å². The van der Waals surface area contributed by atoms with Crippen molar-refractivity contribution in [2.75, 3.05) is 0 Å². The molecule has 0 rings (SSSR count). The van der Waals surface area contributed by atoms with Crippen LogP contribution in [0, 0.1) is 0 Å². The molecule has 0 aromatic rings. The Bertz CT molecular complexity index is 176. The van der Waals surface area contributed by atoms with E-state index in [-0.39, 0.29) is 5.57 Å². The highest BCUT2D eigenvalue weighted by Crippen LogP contribution is 2.09. The summed E-state index contributed by atoms with van der Waals surface area (Å²) in [6, 6.07) is 0. The third-order valence-corrected chi connectivity index (χ3v) is 1.09. The van der Waals surface area contributed by atoms with Gasteiger partial charge in [-0.05, 0) is 13.8 Å². The maximum absolute atomic E-state index is 12.1. The zero-order valence-corrected chi connectivity index (χ0v) is 6.72. The second-order valence-electron chi connectivity index (χ2n) is 1.99. The number of alkyl halides is 2. The van der Waals surface area contributed by atoms with Crippen molar-refractivity contribution in [1.82, 2.24) is 0 Å². The largest absolute Gasteiger partial charge is 0.263 e. The lowest BCUT2D eigenvalue weighted by Crippen LogP contribution is -1.92. The molecule has 0 aliphatic rings. The van der Waals surface area contributed by atoms with Crippen LogP contribution in [0.2, 0.25) is 0 Å². The van der Waals surface area contributed by atoms with Gasteiger partial charge in [-0.2, -0.15) is 0 Å². The van der Waals surface area contributed by atoms with Crippen molar-refractivity contribution in [3.63, 3.8) is 0 Å². The van der Waals surface area contributed by atoms with Crippen molar-refractivity contribution < 1.29 is 8.78 Å². The van der Waals surface area contributed by atoms with Crippen LogP contribution in [0.15, 0.2) is 36.0 Å². The SMILES string of the molecule is C\C=C/C=C(\C=C\C)C(F)F. The van der Waals surface area contributed by atoms with Crippen molar-refractivity contribution >= 4 is 0 Å². The van der Waals surface area contributed by atoms with Gasteiger partial charge in [0.05, 0.1) is 0 Å². The number of rotatable bonds is 3. The van der Waals surface area contributed by atoms with Crippen LogP contribution in [0.5, 0.6) is 0 Å². The molecule has 0 aliphatic carbocycles. The molecule has 0 aromatic heterocycles. The van der Waals surface area contributed by atoms with Gasteiger partial charge in [0.25, 0.3) is 6.43 Å². The molecule has 0 unspecified atom stereocenters. The standard InChI is InChI=1S/C9H12F2/c1-3-5-7-8(6-4-2)9(10)11/h3-7,9H,1-2H3/b5-3-,6-4+,8-7+. The predicted octanol–water partition coefficient (Wildman–Crippen LogP) is 3.33. The summed E-state index contributed by atoms with van der Waals surface area (Å²) in [6.45, 7) is 3.50. The lowest BCUT2D eigenvalue weighted by atomic mass is 10.2. The van der Waals surface area contributed by atoms with Crippen LogP contribution < -0.4 is 0 Å². The molecule has 11 heavy (non-hydrogen) atoms. The van der Waals surface area contributed by atoms with Crippen molar-refractivity contribution in [2.24, 2.45) is 0 Å². The van der Waals surface area contributed by atoms with Gasteiger partial charge in [-0.3, -0.25) is 0 Å². The number of halogens is 2. The van der Waals surface area contributed by atoms with Gasteiger partial charge in [-0.15, -0.1) is 0 Å². The third-order valence-electron chi connectivity index (χ3n) is 1.09. The van der Waals surface area contributed by atoms with Crippen LogP contribution in [-0.4, -0.2) is 6.43 Å². The van der Waals surface area contributed by atoms with Crippen molar-refractivity contribution in [3.05, 3.63) is 36.0 Å². The molecular weight excluding hydrogens is 146 g/mol. The first-order valence-electron chi connectivity index (χ1n) is 3.46. The van der Waals surface area contributed by atoms with Crippen LogP contribution in [0.3, 0.4) is 0 Å². The molecule has 0 atom stereocenters. The summed E-state index contributed by atoms with van der Waals surface area (Å²) in [4.78, 5) is 0. The van der Waals surface area contributed by atoms with E-state index in [1.807, 2.05) is 0 Å². The molecule has 0 spiro atoms. The monoisotopic (exact) mass is 158 g/mol. The molecule has 0 saturated heterocycles. The second-order valence-corrected chi connectivity index (χ2v) is 1.99. The van der Waals surface area contributed by atoms with E-state index >= 15 is 0 Å². The zero-order chi connectivity index (χ0) is 8.69. The van der Waals surface area contributed by atoms with E-state index in [0.717, 1.165) is 0 Å². The molecule has 0 heterocycles. The Balaban J connectivity index is 4.32. The summed E-state index contributed by atoms with van der Waals surface area (Å²) >= 11 is 0. The topological polar surface area (TPSA) is 0 Å². The van der Waals surface area contributed by atoms with Gasteiger partial charge in [0.2, 0.25) is 0 Å². The Hall–Kier alpha value is -0.920. The summed E-state index contributed by atoms with van der Waals surface area (Å²) in [5, 5.41) is 0. The fraction of sp³-hybridized carbons (Fsp3) is 0.333. The Labute approximate surface area is 65.9 Å². The summed E-state index contributed by atoms with van der Waals surface area (Å²) in [5.41, 5.74) is 0.0469. The Kier molecular flexibility index (Phi) is 5.35. The van der Waals surface area contributed by atoms with Crippen LogP contribution in [0.25, 0.3) is 0 Å². The highest BCUT2D eigenvalue weighted by molar-refractivity contribution is 5.25. The predicted molar refractivity (Wildman–Crippen MR) is 43.7 cm³/mol. The Morgan fingerprint density at radius 2 is 1.82 bits per heavy atom. The molecule has 0 bridgehead atoms. The molecule has 0 aromatic carbocycles. The zero-order valence-electron chi connectivity index (χ0n) is 6.72. The maximum Gasteiger partial charge on any atom is 0.263 e. The average molecular weight is 158 g/mol. The molecule has 0 radical (unpaired) electrons. The number of hydrogen-bond acceptors (Lipinski definition) is 0. The van der Waals surface area contributed by atoms with Crippen molar-refractivity contribution in [1.29, 1.82) is 0 Å². The van der Waals surface area contributed by atoms with Gasteiger partial charge in [-0.1, -0.05) is 30.4 Å². The molecule has 0 nitrogen and oxygen atoms in total. The smallest absolute Gasteiger partial charge is 0.205 e. The van der Waals surface area contributed by atoms with E-state index < -0.39 is 6.43 Å². The first-order chi connectivity index (χ1) is 5.22. The quantitative estimate of drug-likeness (QED) is 0.552. The normalized spacial score (nSPS) is 14.1. The molecule has 0 aliphatic heterocycles. The first kappa shape index (κ1) is 10.1. The summed E-state index contributed by atoms with van der Waals surface area (Å²) in [5.74, 6) is 0. The molecule has 0 amide bonds. The van der Waals surface area contributed by atoms with E-state index in [1.165, 1.54) is 12.2 Å². The number of hydrogen-bond donors (Lipinski definition) is 0. The molecule has 0 N–H and O–H groups in total. The summed E-state index contributed by atoms with van der Waals surface area (Å²) < 4.78 is 24.1. The molecule has 2 heteroatoms. The van der Waals surface area contributed by atoms with E-state index in [2.05, 4.69) is 0 Å². The first-order valence-corrected chi connectivity index (χ1v) is 3.46. The Morgan fingerprint density at radius 3 is 2.18 bits per heavy atom. The highest BCUT2D eigenvalue weighted by Gasteiger charge is 2.04. The van der Waals surface area contributed by atoms with Gasteiger partial charge in [0.1, 0.15) is 0 Å². The average Bonchev–Trinajstić information content (AvgIpc) is 1.97. The lowest BCUT2D eigenvalue weighted by Gasteiger charge is -1.96. The van der Waals surface area contributed by atoms with Gasteiger partial charge in [0, 0.05) is 5.57 Å². The summed E-state index contributed by atoms with van der Waals surface area (Å²) in [6.07, 6.45) is 5.34. The lowest BCUT2D eigenvalue weighted by molar-refractivity contribution is 0.194. The van der Waals surface area contributed by atoms with Gasteiger partial charge >= 0.3 is 0 Å². The van der Waals surface area contributed by atoms with Crippen molar-refractivity contribution in [2.45, 2.75) is 20.3 Å².